The van der Waals surface area contributed by atoms with Crippen LogP contribution in [0.25, 0.3) is 0 Å². The summed E-state index contributed by atoms with van der Waals surface area (Å²) in [6, 6.07) is 3.59. The summed E-state index contributed by atoms with van der Waals surface area (Å²) in [6.07, 6.45) is 1.94. The second-order valence-electron chi connectivity index (χ2n) is 6.62. The Morgan fingerprint density at radius 2 is 1.75 bits per heavy atom. The Labute approximate surface area is 143 Å². The highest BCUT2D eigenvalue weighted by Gasteiger charge is 2.37. The lowest BCUT2D eigenvalue weighted by Gasteiger charge is -2.34. The second kappa shape index (κ2) is 6.37. The first-order valence-electron chi connectivity index (χ1n) is 8.28. The molecule has 2 fully saturated rings. The minimum atomic E-state index is -3.64. The molecule has 0 aromatic heterocycles. The maximum Gasteiger partial charge on any atom is 0.247 e. The van der Waals surface area contributed by atoms with Gasteiger partial charge in [-0.2, -0.15) is 4.31 Å². The summed E-state index contributed by atoms with van der Waals surface area (Å²) in [5.41, 5.74) is 1.64. The minimum Gasteiger partial charge on any atom is -0.495 e. The van der Waals surface area contributed by atoms with E-state index < -0.39 is 10.0 Å². The molecule has 1 heterocycles. The molecule has 1 saturated heterocycles. The van der Waals surface area contributed by atoms with Gasteiger partial charge in [0.05, 0.1) is 7.11 Å². The molecule has 1 aromatic rings. The Bertz CT molecular complexity index is 748. The molecule has 1 aromatic carbocycles. The van der Waals surface area contributed by atoms with Crippen LogP contribution >= 0.6 is 0 Å². The number of hydrogen-bond acceptors (Lipinski definition) is 4. The molecule has 0 atom stereocenters. The highest BCUT2D eigenvalue weighted by Crippen LogP contribution is 2.33. The van der Waals surface area contributed by atoms with Crippen LogP contribution in [0.15, 0.2) is 17.0 Å². The number of carbonyl (C=O) groups excluding carboxylic acids is 1. The molecular formula is C17H24N2O4S. The molecule has 0 N–H and O–H groups in total. The molecule has 1 aliphatic heterocycles. The lowest BCUT2D eigenvalue weighted by molar-refractivity contribution is -0.133. The molecule has 3 rings (SSSR count). The van der Waals surface area contributed by atoms with E-state index in [1.807, 2.05) is 13.0 Å². The van der Waals surface area contributed by atoms with Crippen molar-refractivity contribution in [2.24, 2.45) is 5.92 Å². The Morgan fingerprint density at radius 3 is 2.29 bits per heavy atom. The zero-order valence-electron chi connectivity index (χ0n) is 14.4. The predicted molar refractivity (Wildman–Crippen MR) is 90.5 cm³/mol. The first kappa shape index (κ1) is 17.2. The van der Waals surface area contributed by atoms with Crippen molar-refractivity contribution in [3.05, 3.63) is 23.3 Å². The summed E-state index contributed by atoms with van der Waals surface area (Å²) >= 11 is 0. The number of nitrogens with zero attached hydrogens (tertiary/aromatic N) is 2. The highest BCUT2D eigenvalue weighted by molar-refractivity contribution is 7.89. The number of methoxy groups -OCH3 is 1. The Morgan fingerprint density at radius 1 is 1.12 bits per heavy atom. The number of sulfonamides is 1. The molecule has 0 bridgehead atoms. The van der Waals surface area contributed by atoms with Crippen LogP contribution in [-0.4, -0.2) is 56.8 Å². The van der Waals surface area contributed by atoms with E-state index in [-0.39, 0.29) is 16.7 Å². The van der Waals surface area contributed by atoms with Crippen molar-refractivity contribution in [3.63, 3.8) is 0 Å². The number of aryl methyl sites for hydroxylation is 2. The molecule has 6 nitrogen and oxygen atoms in total. The smallest absolute Gasteiger partial charge is 0.247 e. The van der Waals surface area contributed by atoms with Gasteiger partial charge in [0.25, 0.3) is 0 Å². The number of rotatable bonds is 4. The van der Waals surface area contributed by atoms with E-state index in [0.29, 0.717) is 37.5 Å². The van der Waals surface area contributed by atoms with Crippen LogP contribution in [0.5, 0.6) is 5.75 Å². The summed E-state index contributed by atoms with van der Waals surface area (Å²) in [7, 11) is -2.15. The lowest BCUT2D eigenvalue weighted by atomic mass is 10.1. The molecule has 1 saturated carbocycles. The Balaban J connectivity index is 1.81. The van der Waals surface area contributed by atoms with Gasteiger partial charge >= 0.3 is 0 Å². The summed E-state index contributed by atoms with van der Waals surface area (Å²) < 4.78 is 32.9. The predicted octanol–water partition coefficient (Wildman–Crippen LogP) is 1.55. The van der Waals surface area contributed by atoms with Crippen LogP contribution < -0.4 is 4.74 Å². The van der Waals surface area contributed by atoms with E-state index in [1.165, 1.54) is 11.4 Å². The summed E-state index contributed by atoms with van der Waals surface area (Å²) in [5.74, 6) is 0.729. The monoisotopic (exact) mass is 352 g/mol. The van der Waals surface area contributed by atoms with Crippen molar-refractivity contribution in [1.82, 2.24) is 9.21 Å². The van der Waals surface area contributed by atoms with Gasteiger partial charge in [0.2, 0.25) is 15.9 Å². The quantitative estimate of drug-likeness (QED) is 0.825. The third kappa shape index (κ3) is 3.15. The van der Waals surface area contributed by atoms with Gasteiger partial charge in [-0.25, -0.2) is 8.42 Å². The van der Waals surface area contributed by atoms with Gasteiger partial charge < -0.3 is 9.64 Å². The van der Waals surface area contributed by atoms with Crippen LogP contribution in [-0.2, 0) is 14.8 Å². The van der Waals surface area contributed by atoms with Crippen molar-refractivity contribution < 1.29 is 17.9 Å². The third-order valence-electron chi connectivity index (χ3n) is 4.68. The molecule has 1 aliphatic carbocycles. The Kier molecular flexibility index (Phi) is 4.57. The molecule has 0 spiro atoms. The SMILES string of the molecule is COc1cc(C)cc(C)c1S(=O)(=O)N1CCN(C(=O)C2CC2)CC1. The van der Waals surface area contributed by atoms with Crippen LogP contribution in [0.1, 0.15) is 24.0 Å². The number of hydrogen-bond donors (Lipinski definition) is 0. The van der Waals surface area contributed by atoms with Gasteiger partial charge in [0.15, 0.2) is 0 Å². The molecule has 24 heavy (non-hydrogen) atoms. The number of piperazine rings is 1. The van der Waals surface area contributed by atoms with Crippen LogP contribution in [0, 0.1) is 19.8 Å². The maximum absolute atomic E-state index is 13.1. The van der Waals surface area contributed by atoms with E-state index >= 15 is 0 Å². The normalized spacial score (nSPS) is 19.4. The largest absolute Gasteiger partial charge is 0.495 e. The van der Waals surface area contributed by atoms with Gasteiger partial charge in [-0.3, -0.25) is 4.79 Å². The lowest BCUT2D eigenvalue weighted by Crippen LogP contribution is -2.51. The molecule has 0 unspecified atom stereocenters. The zero-order chi connectivity index (χ0) is 17.5. The number of amides is 1. The topological polar surface area (TPSA) is 66.9 Å². The minimum absolute atomic E-state index is 0.174. The fourth-order valence-electron chi connectivity index (χ4n) is 3.26. The van der Waals surface area contributed by atoms with Crippen LogP contribution in [0.4, 0.5) is 0 Å². The Hall–Kier alpha value is -1.60. The molecule has 1 amide bonds. The molecule has 7 heteroatoms. The average Bonchev–Trinajstić information content (AvgIpc) is 3.38. The van der Waals surface area contributed by atoms with Crippen molar-refractivity contribution in [3.8, 4) is 5.75 Å². The number of ether oxygens (including phenoxy) is 1. The second-order valence-corrected chi connectivity index (χ2v) is 8.49. The van der Waals surface area contributed by atoms with Crippen molar-refractivity contribution in [1.29, 1.82) is 0 Å². The van der Waals surface area contributed by atoms with E-state index in [9.17, 15) is 13.2 Å². The van der Waals surface area contributed by atoms with Gasteiger partial charge in [-0.1, -0.05) is 6.07 Å². The number of carbonyl (C=O) groups is 1. The summed E-state index contributed by atoms with van der Waals surface area (Å²) in [6.45, 7) is 5.28. The van der Waals surface area contributed by atoms with Gasteiger partial charge in [-0.05, 0) is 43.9 Å². The van der Waals surface area contributed by atoms with Crippen molar-refractivity contribution in [2.75, 3.05) is 33.3 Å². The van der Waals surface area contributed by atoms with Gasteiger partial charge in [0.1, 0.15) is 10.6 Å². The van der Waals surface area contributed by atoms with Gasteiger partial charge in [-0.15, -0.1) is 0 Å². The third-order valence-corrected chi connectivity index (χ3v) is 6.76. The fourth-order valence-corrected chi connectivity index (χ4v) is 5.03. The van der Waals surface area contributed by atoms with E-state index in [0.717, 1.165) is 18.4 Å². The van der Waals surface area contributed by atoms with E-state index in [1.54, 1.807) is 17.9 Å². The standard InChI is InChI=1S/C17H24N2O4S/c1-12-10-13(2)16(15(11-12)23-3)24(21,22)19-8-6-18(7-9-19)17(20)14-4-5-14/h10-11,14H,4-9H2,1-3H3. The van der Waals surface area contributed by atoms with Crippen LogP contribution in [0.2, 0.25) is 0 Å². The van der Waals surface area contributed by atoms with Crippen LogP contribution in [0.3, 0.4) is 0 Å². The molecule has 2 aliphatic rings. The van der Waals surface area contributed by atoms with Crippen molar-refractivity contribution in [2.45, 2.75) is 31.6 Å². The van der Waals surface area contributed by atoms with Crippen molar-refractivity contribution >= 4 is 15.9 Å². The van der Waals surface area contributed by atoms with Gasteiger partial charge in [0, 0.05) is 32.1 Å². The zero-order valence-corrected chi connectivity index (χ0v) is 15.2. The molecule has 0 radical (unpaired) electrons. The number of benzene rings is 1. The first-order valence-corrected chi connectivity index (χ1v) is 9.72. The maximum atomic E-state index is 13.1. The summed E-state index contributed by atoms with van der Waals surface area (Å²) in [4.78, 5) is 14.1. The van der Waals surface area contributed by atoms with E-state index in [2.05, 4.69) is 0 Å². The first-order chi connectivity index (χ1) is 11.3. The average molecular weight is 352 g/mol. The van der Waals surface area contributed by atoms with E-state index in [4.69, 9.17) is 4.74 Å². The summed E-state index contributed by atoms with van der Waals surface area (Å²) in [5, 5.41) is 0. The fraction of sp³-hybridized carbons (Fsp3) is 0.588. The highest BCUT2D eigenvalue weighted by atomic mass is 32.2. The molecule has 132 valence electrons. The molecular weight excluding hydrogens is 328 g/mol.